The van der Waals surface area contributed by atoms with Crippen LogP contribution in [0.25, 0.3) is 0 Å². The van der Waals surface area contributed by atoms with Gasteiger partial charge in [0.2, 0.25) is 0 Å². The van der Waals surface area contributed by atoms with Crippen LogP contribution in [0.3, 0.4) is 0 Å². The summed E-state index contributed by atoms with van der Waals surface area (Å²) in [6.07, 6.45) is 2.02. The lowest BCUT2D eigenvalue weighted by Gasteiger charge is -2.09. The smallest absolute Gasteiger partial charge is 0.270 e. The molecule has 116 valence electrons. The maximum absolute atomic E-state index is 12.1. The summed E-state index contributed by atoms with van der Waals surface area (Å²) in [6.45, 7) is 5.21. The first kappa shape index (κ1) is 15.9. The molecule has 0 aliphatic carbocycles. The summed E-state index contributed by atoms with van der Waals surface area (Å²) in [5, 5.41) is 6.10. The number of rotatable bonds is 7. The van der Waals surface area contributed by atoms with Crippen LogP contribution in [0.5, 0.6) is 0 Å². The van der Waals surface area contributed by atoms with E-state index >= 15 is 0 Å². The highest BCUT2D eigenvalue weighted by Gasteiger charge is 2.09. The molecule has 5 heteroatoms. The summed E-state index contributed by atoms with van der Waals surface area (Å²) in [7, 11) is 0. The molecule has 0 fully saturated rings. The van der Waals surface area contributed by atoms with E-state index in [2.05, 4.69) is 27.5 Å². The Hall–Kier alpha value is -2.43. The highest BCUT2D eigenvalue weighted by molar-refractivity contribution is 5.92. The summed E-state index contributed by atoms with van der Waals surface area (Å²) in [5.74, 6) is 1.09. The summed E-state index contributed by atoms with van der Waals surface area (Å²) in [4.78, 5) is 20.6. The van der Waals surface area contributed by atoms with Crippen LogP contribution in [-0.4, -0.2) is 22.4 Å². The van der Waals surface area contributed by atoms with Gasteiger partial charge in [-0.05, 0) is 18.9 Å². The molecule has 0 radical (unpaired) electrons. The predicted molar refractivity (Wildman–Crippen MR) is 87.8 cm³/mol. The maximum atomic E-state index is 12.1. The van der Waals surface area contributed by atoms with E-state index in [4.69, 9.17) is 0 Å². The molecule has 0 spiro atoms. The van der Waals surface area contributed by atoms with Gasteiger partial charge in [0.05, 0.1) is 0 Å². The zero-order valence-electron chi connectivity index (χ0n) is 13.1. The zero-order valence-corrected chi connectivity index (χ0v) is 13.1. The van der Waals surface area contributed by atoms with Crippen molar-refractivity contribution >= 4 is 11.7 Å². The van der Waals surface area contributed by atoms with Crippen molar-refractivity contribution in [2.24, 2.45) is 0 Å². The molecule has 1 heterocycles. The van der Waals surface area contributed by atoms with E-state index in [1.165, 1.54) is 0 Å². The van der Waals surface area contributed by atoms with Gasteiger partial charge in [0.1, 0.15) is 17.3 Å². The van der Waals surface area contributed by atoms with Gasteiger partial charge >= 0.3 is 0 Å². The number of benzene rings is 1. The molecule has 1 aromatic heterocycles. The quantitative estimate of drug-likeness (QED) is 0.771. The Labute approximate surface area is 131 Å². The van der Waals surface area contributed by atoms with Crippen molar-refractivity contribution in [2.45, 2.75) is 33.2 Å². The van der Waals surface area contributed by atoms with E-state index in [9.17, 15) is 4.79 Å². The highest BCUT2D eigenvalue weighted by Crippen LogP contribution is 2.09. The molecule has 0 saturated carbocycles. The van der Waals surface area contributed by atoms with Crippen LogP contribution >= 0.6 is 0 Å². The van der Waals surface area contributed by atoms with Gasteiger partial charge in [-0.25, -0.2) is 9.97 Å². The SMILES string of the molecule is CCCCNC(=O)c1cc(NCc2ccccc2)nc(C)n1. The van der Waals surface area contributed by atoms with Crippen molar-refractivity contribution in [1.29, 1.82) is 0 Å². The van der Waals surface area contributed by atoms with Crippen LogP contribution in [0, 0.1) is 6.92 Å². The highest BCUT2D eigenvalue weighted by atomic mass is 16.1. The molecule has 0 aliphatic rings. The standard InChI is InChI=1S/C17H22N4O/c1-3-4-10-18-17(22)15-11-16(21-13(2)20-15)19-12-14-8-6-5-7-9-14/h5-9,11H,3-4,10,12H2,1-2H3,(H,18,22)(H,19,20,21). The first-order chi connectivity index (χ1) is 10.7. The van der Waals surface area contributed by atoms with Gasteiger partial charge < -0.3 is 10.6 Å². The molecule has 2 N–H and O–H groups in total. The van der Waals surface area contributed by atoms with Gasteiger partial charge in [-0.1, -0.05) is 43.7 Å². The van der Waals surface area contributed by atoms with E-state index in [-0.39, 0.29) is 5.91 Å². The van der Waals surface area contributed by atoms with E-state index in [0.29, 0.717) is 30.4 Å². The Bertz CT molecular complexity index is 613. The number of carbonyl (C=O) groups excluding carboxylic acids is 1. The van der Waals surface area contributed by atoms with E-state index in [0.717, 1.165) is 18.4 Å². The zero-order chi connectivity index (χ0) is 15.8. The average Bonchev–Trinajstić information content (AvgIpc) is 2.53. The van der Waals surface area contributed by atoms with Gasteiger partial charge in [0.25, 0.3) is 5.91 Å². The summed E-state index contributed by atoms with van der Waals surface area (Å²) in [6, 6.07) is 11.7. The maximum Gasteiger partial charge on any atom is 0.270 e. The third-order valence-electron chi connectivity index (χ3n) is 3.20. The number of aryl methyl sites for hydroxylation is 1. The molecule has 0 bridgehead atoms. The van der Waals surface area contributed by atoms with Crippen LogP contribution in [0.15, 0.2) is 36.4 Å². The molecule has 1 amide bonds. The summed E-state index contributed by atoms with van der Waals surface area (Å²) >= 11 is 0. The predicted octanol–water partition coefficient (Wildman–Crippen LogP) is 2.93. The van der Waals surface area contributed by atoms with Crippen molar-refractivity contribution in [3.8, 4) is 0 Å². The van der Waals surface area contributed by atoms with Crippen molar-refractivity contribution in [3.63, 3.8) is 0 Å². The first-order valence-electron chi connectivity index (χ1n) is 7.60. The van der Waals surface area contributed by atoms with Crippen LogP contribution in [0.4, 0.5) is 5.82 Å². The van der Waals surface area contributed by atoms with Crippen LogP contribution < -0.4 is 10.6 Å². The molecule has 0 atom stereocenters. The second kappa shape index (κ2) is 8.12. The lowest BCUT2D eigenvalue weighted by Crippen LogP contribution is -2.25. The Morgan fingerprint density at radius 1 is 1.18 bits per heavy atom. The number of aromatic nitrogens is 2. The van der Waals surface area contributed by atoms with Crippen LogP contribution in [0.1, 0.15) is 41.6 Å². The number of hydrogen-bond donors (Lipinski definition) is 2. The Morgan fingerprint density at radius 2 is 1.95 bits per heavy atom. The van der Waals surface area contributed by atoms with Gasteiger partial charge in [0.15, 0.2) is 0 Å². The van der Waals surface area contributed by atoms with Crippen molar-refractivity contribution in [2.75, 3.05) is 11.9 Å². The fourth-order valence-corrected chi connectivity index (χ4v) is 2.03. The Morgan fingerprint density at radius 3 is 2.68 bits per heavy atom. The summed E-state index contributed by atoms with van der Waals surface area (Å²) in [5.41, 5.74) is 1.56. The third-order valence-corrected chi connectivity index (χ3v) is 3.20. The number of hydrogen-bond acceptors (Lipinski definition) is 4. The third kappa shape index (κ3) is 4.84. The molecule has 2 rings (SSSR count). The van der Waals surface area contributed by atoms with E-state index < -0.39 is 0 Å². The van der Waals surface area contributed by atoms with Gasteiger partial charge in [-0.2, -0.15) is 0 Å². The Kier molecular flexibility index (Phi) is 5.89. The minimum atomic E-state index is -0.151. The van der Waals surface area contributed by atoms with Gasteiger partial charge in [-0.15, -0.1) is 0 Å². The number of unbranched alkanes of at least 4 members (excludes halogenated alkanes) is 1. The normalized spacial score (nSPS) is 10.3. The molecule has 22 heavy (non-hydrogen) atoms. The summed E-state index contributed by atoms with van der Waals surface area (Å²) < 4.78 is 0. The lowest BCUT2D eigenvalue weighted by atomic mass is 10.2. The molecule has 2 aromatic rings. The number of nitrogens with zero attached hydrogens (tertiary/aromatic N) is 2. The topological polar surface area (TPSA) is 66.9 Å². The fraction of sp³-hybridized carbons (Fsp3) is 0.353. The van der Waals surface area contributed by atoms with E-state index in [1.54, 1.807) is 13.0 Å². The molecule has 1 aromatic carbocycles. The van der Waals surface area contributed by atoms with Crippen LogP contribution in [0.2, 0.25) is 0 Å². The first-order valence-corrected chi connectivity index (χ1v) is 7.60. The van der Waals surface area contributed by atoms with Crippen molar-refractivity contribution in [3.05, 3.63) is 53.5 Å². The number of carbonyl (C=O) groups is 1. The number of anilines is 1. The molecular weight excluding hydrogens is 276 g/mol. The second-order valence-electron chi connectivity index (χ2n) is 5.13. The van der Waals surface area contributed by atoms with Crippen molar-refractivity contribution in [1.82, 2.24) is 15.3 Å². The van der Waals surface area contributed by atoms with Crippen LogP contribution in [-0.2, 0) is 6.54 Å². The monoisotopic (exact) mass is 298 g/mol. The molecule has 0 unspecified atom stereocenters. The van der Waals surface area contributed by atoms with E-state index in [1.807, 2.05) is 30.3 Å². The minimum Gasteiger partial charge on any atom is -0.366 e. The van der Waals surface area contributed by atoms with Gasteiger partial charge in [-0.3, -0.25) is 4.79 Å². The average molecular weight is 298 g/mol. The number of amides is 1. The second-order valence-corrected chi connectivity index (χ2v) is 5.13. The molecule has 0 saturated heterocycles. The van der Waals surface area contributed by atoms with Gasteiger partial charge in [0, 0.05) is 19.2 Å². The Balaban J connectivity index is 2.01. The minimum absolute atomic E-state index is 0.151. The molecule has 0 aliphatic heterocycles. The lowest BCUT2D eigenvalue weighted by molar-refractivity contribution is 0.0948. The fourth-order valence-electron chi connectivity index (χ4n) is 2.03. The molecular formula is C17H22N4O. The van der Waals surface area contributed by atoms with Crippen molar-refractivity contribution < 1.29 is 4.79 Å². The largest absolute Gasteiger partial charge is 0.366 e. The molecule has 5 nitrogen and oxygen atoms in total. The number of nitrogens with one attached hydrogen (secondary N) is 2.